The van der Waals surface area contributed by atoms with Gasteiger partial charge in [-0.05, 0) is 32.4 Å². The third-order valence-corrected chi connectivity index (χ3v) is 2.02. The molecule has 1 heterocycles. The van der Waals surface area contributed by atoms with Crippen molar-refractivity contribution in [2.24, 2.45) is 0 Å². The van der Waals surface area contributed by atoms with Crippen LogP contribution in [0.3, 0.4) is 0 Å². The van der Waals surface area contributed by atoms with Crippen LogP contribution in [0.1, 0.15) is 19.3 Å². The van der Waals surface area contributed by atoms with Gasteiger partial charge in [0.1, 0.15) is 0 Å². The van der Waals surface area contributed by atoms with E-state index in [0.29, 0.717) is 0 Å². The largest absolute Gasteiger partial charge is 0.396 e. The van der Waals surface area contributed by atoms with Gasteiger partial charge in [-0.15, -0.1) is 0 Å². The highest BCUT2D eigenvalue weighted by Gasteiger charge is 2.08. The summed E-state index contributed by atoms with van der Waals surface area (Å²) in [5, 5.41) is 8.49. The van der Waals surface area contributed by atoms with E-state index < -0.39 is 0 Å². The molecule has 1 saturated heterocycles. The van der Waals surface area contributed by atoms with Crippen LogP contribution in [0.2, 0.25) is 0 Å². The van der Waals surface area contributed by atoms with E-state index in [4.69, 9.17) is 5.11 Å². The van der Waals surface area contributed by atoms with E-state index in [1.807, 2.05) is 0 Å². The minimum atomic E-state index is 0.274. The van der Waals surface area contributed by atoms with E-state index in [9.17, 15) is 0 Å². The minimum Gasteiger partial charge on any atom is -0.396 e. The van der Waals surface area contributed by atoms with Crippen LogP contribution < -0.4 is 0 Å². The Bertz CT molecular complexity index is 117. The monoisotopic (exact) mass is 155 g/mol. The highest BCUT2D eigenvalue weighted by Crippen LogP contribution is 2.06. The third-order valence-electron chi connectivity index (χ3n) is 2.02. The molecule has 0 spiro atoms. The van der Waals surface area contributed by atoms with Crippen LogP contribution in [0, 0.1) is 0 Å². The van der Waals surface area contributed by atoms with Crippen molar-refractivity contribution >= 4 is 0 Å². The van der Waals surface area contributed by atoms with E-state index in [2.05, 4.69) is 17.1 Å². The Labute approximate surface area is 68.5 Å². The lowest BCUT2D eigenvalue weighted by molar-refractivity contribution is 0.302. The Morgan fingerprint density at radius 1 is 1.18 bits per heavy atom. The van der Waals surface area contributed by atoms with Crippen LogP contribution in [0.4, 0.5) is 0 Å². The topological polar surface area (TPSA) is 23.5 Å². The van der Waals surface area contributed by atoms with Gasteiger partial charge in [0.25, 0.3) is 0 Å². The molecule has 1 N–H and O–H groups in total. The average Bonchev–Trinajstić information content (AvgIpc) is 2.50. The van der Waals surface area contributed by atoms with Gasteiger partial charge in [-0.2, -0.15) is 0 Å². The maximum Gasteiger partial charge on any atom is 0.0465 e. The Morgan fingerprint density at radius 3 is 2.55 bits per heavy atom. The molecule has 1 aliphatic heterocycles. The fourth-order valence-corrected chi connectivity index (χ4v) is 1.38. The zero-order valence-corrected chi connectivity index (χ0v) is 7.00. The number of aliphatic hydroxyl groups excluding tert-OH is 1. The third kappa shape index (κ3) is 3.54. The van der Waals surface area contributed by atoms with Crippen molar-refractivity contribution in [3.63, 3.8) is 0 Å². The van der Waals surface area contributed by atoms with Crippen molar-refractivity contribution in [1.82, 2.24) is 4.90 Å². The van der Waals surface area contributed by atoms with E-state index in [-0.39, 0.29) is 6.61 Å². The first-order valence-corrected chi connectivity index (χ1v) is 4.41. The van der Waals surface area contributed by atoms with Gasteiger partial charge in [-0.25, -0.2) is 0 Å². The van der Waals surface area contributed by atoms with Crippen molar-refractivity contribution in [1.29, 1.82) is 0 Å². The van der Waals surface area contributed by atoms with Gasteiger partial charge in [0, 0.05) is 13.2 Å². The van der Waals surface area contributed by atoms with Crippen LogP contribution in [-0.2, 0) is 0 Å². The molecule has 0 atom stereocenters. The highest BCUT2D eigenvalue weighted by molar-refractivity contribution is 4.85. The maximum absolute atomic E-state index is 8.49. The zero-order chi connectivity index (χ0) is 7.94. The van der Waals surface area contributed by atoms with E-state index >= 15 is 0 Å². The summed E-state index contributed by atoms with van der Waals surface area (Å²) in [6.07, 6.45) is 7.72. The van der Waals surface area contributed by atoms with Crippen LogP contribution in [0.15, 0.2) is 12.2 Å². The summed E-state index contributed by atoms with van der Waals surface area (Å²) in [5.41, 5.74) is 0. The molecule has 1 rings (SSSR count). The summed E-state index contributed by atoms with van der Waals surface area (Å²) in [6, 6.07) is 0. The summed E-state index contributed by atoms with van der Waals surface area (Å²) in [4.78, 5) is 2.44. The molecular formula is C9H17NO. The van der Waals surface area contributed by atoms with Gasteiger partial charge in [0.15, 0.2) is 0 Å². The molecule has 0 aromatic heterocycles. The Kier molecular flexibility index (Phi) is 4.24. The Morgan fingerprint density at radius 2 is 1.91 bits per heavy atom. The zero-order valence-electron chi connectivity index (χ0n) is 7.00. The highest BCUT2D eigenvalue weighted by atomic mass is 16.2. The number of aliphatic hydroxyl groups is 1. The number of hydrogen-bond donors (Lipinski definition) is 1. The summed E-state index contributed by atoms with van der Waals surface area (Å²) >= 11 is 0. The van der Waals surface area contributed by atoms with E-state index in [1.165, 1.54) is 25.9 Å². The maximum atomic E-state index is 8.49. The normalized spacial score (nSPS) is 20.1. The molecule has 0 bridgehead atoms. The van der Waals surface area contributed by atoms with Gasteiger partial charge >= 0.3 is 0 Å². The van der Waals surface area contributed by atoms with Crippen molar-refractivity contribution in [3.8, 4) is 0 Å². The lowest BCUT2D eigenvalue weighted by Crippen LogP contribution is -2.18. The summed E-state index contributed by atoms with van der Waals surface area (Å²) in [6.45, 7) is 3.85. The van der Waals surface area contributed by atoms with Crippen LogP contribution in [0.25, 0.3) is 0 Å². The van der Waals surface area contributed by atoms with Crippen molar-refractivity contribution in [2.75, 3.05) is 26.2 Å². The quantitative estimate of drug-likeness (QED) is 0.613. The predicted molar refractivity (Wildman–Crippen MR) is 46.5 cm³/mol. The van der Waals surface area contributed by atoms with Crippen molar-refractivity contribution in [3.05, 3.63) is 12.2 Å². The molecule has 0 aromatic carbocycles. The average molecular weight is 155 g/mol. The lowest BCUT2D eigenvalue weighted by Gasteiger charge is -2.10. The minimum absolute atomic E-state index is 0.274. The molecule has 0 unspecified atom stereocenters. The SMILES string of the molecule is OCC/C=C\CN1CCCC1. The number of rotatable bonds is 4. The molecular weight excluding hydrogens is 138 g/mol. The number of nitrogens with zero attached hydrogens (tertiary/aromatic N) is 1. The first-order chi connectivity index (χ1) is 5.43. The molecule has 11 heavy (non-hydrogen) atoms. The van der Waals surface area contributed by atoms with Crippen molar-refractivity contribution < 1.29 is 5.11 Å². The van der Waals surface area contributed by atoms with Gasteiger partial charge in [-0.1, -0.05) is 12.2 Å². The predicted octanol–water partition coefficient (Wildman–Crippen LogP) is 1.02. The van der Waals surface area contributed by atoms with E-state index in [0.717, 1.165) is 13.0 Å². The number of hydrogen-bond acceptors (Lipinski definition) is 2. The van der Waals surface area contributed by atoms with Gasteiger partial charge in [0.05, 0.1) is 0 Å². The Balaban J connectivity index is 2.01. The van der Waals surface area contributed by atoms with E-state index in [1.54, 1.807) is 0 Å². The van der Waals surface area contributed by atoms with Crippen LogP contribution in [-0.4, -0.2) is 36.2 Å². The van der Waals surface area contributed by atoms with Crippen molar-refractivity contribution in [2.45, 2.75) is 19.3 Å². The second-order valence-electron chi connectivity index (χ2n) is 2.99. The molecule has 2 heteroatoms. The molecule has 0 aliphatic carbocycles. The van der Waals surface area contributed by atoms with Gasteiger partial charge in [-0.3, -0.25) is 4.90 Å². The molecule has 0 saturated carbocycles. The molecule has 0 amide bonds. The molecule has 2 nitrogen and oxygen atoms in total. The smallest absolute Gasteiger partial charge is 0.0465 e. The second-order valence-corrected chi connectivity index (χ2v) is 2.99. The molecule has 1 aliphatic rings. The molecule has 0 aromatic rings. The first kappa shape index (κ1) is 8.75. The van der Waals surface area contributed by atoms with Crippen LogP contribution >= 0.6 is 0 Å². The summed E-state index contributed by atoms with van der Waals surface area (Å²) in [7, 11) is 0. The van der Waals surface area contributed by atoms with Crippen LogP contribution in [0.5, 0.6) is 0 Å². The molecule has 1 fully saturated rings. The van der Waals surface area contributed by atoms with Gasteiger partial charge in [0.2, 0.25) is 0 Å². The lowest BCUT2D eigenvalue weighted by atomic mass is 10.4. The molecule has 64 valence electrons. The van der Waals surface area contributed by atoms with Gasteiger partial charge < -0.3 is 5.11 Å². The molecule has 0 radical (unpaired) electrons. The summed E-state index contributed by atoms with van der Waals surface area (Å²) < 4.78 is 0. The summed E-state index contributed by atoms with van der Waals surface area (Å²) in [5.74, 6) is 0. The standard InChI is InChI=1S/C9H17NO/c11-9-5-1-2-6-10-7-3-4-8-10/h1-2,11H,3-9H2/b2-1-. The first-order valence-electron chi connectivity index (χ1n) is 4.41. The Hall–Kier alpha value is -0.340. The fraction of sp³-hybridized carbons (Fsp3) is 0.778. The second kappa shape index (κ2) is 5.33. The number of likely N-dealkylation sites (tertiary alicyclic amines) is 1. The fourth-order valence-electron chi connectivity index (χ4n) is 1.38.